The van der Waals surface area contributed by atoms with E-state index in [0.29, 0.717) is 40.5 Å². The zero-order chi connectivity index (χ0) is 40.7. The van der Waals surface area contributed by atoms with Crippen LogP contribution in [0.25, 0.3) is 107 Å². The molecule has 0 radical (unpaired) electrons. The SMILES string of the molecule is Cc1cc2nc(n1)[n+]1c(-c3ccccc3)nc(-c3ccccc3)nc1c1cccc(c1)c1c(-c3cccc(-c4nc(-c5ccccc5)nc(-c5ccccc5)n4)c3)cccc21. The predicted molar refractivity (Wildman–Crippen MR) is 243 cm³/mol. The summed E-state index contributed by atoms with van der Waals surface area (Å²) in [5, 5.41) is 3.96. The molecule has 0 atom stereocenters. The van der Waals surface area contributed by atoms with Crippen LogP contribution >= 0.6 is 0 Å². The predicted octanol–water partition coefficient (Wildman–Crippen LogP) is 11.5. The van der Waals surface area contributed by atoms with Crippen molar-refractivity contribution in [1.29, 1.82) is 0 Å². The summed E-state index contributed by atoms with van der Waals surface area (Å²) < 4.78 is 2.00. The van der Waals surface area contributed by atoms with E-state index in [1.165, 1.54) is 0 Å². The molecule has 0 spiro atoms. The van der Waals surface area contributed by atoms with Crippen molar-refractivity contribution in [2.45, 2.75) is 6.92 Å². The van der Waals surface area contributed by atoms with Crippen LogP contribution in [0.3, 0.4) is 0 Å². The van der Waals surface area contributed by atoms with Gasteiger partial charge in [-0.2, -0.15) is 4.40 Å². The second kappa shape index (κ2) is 15.1. The topological polar surface area (TPSA) is 94.3 Å². The quantitative estimate of drug-likeness (QED) is 0.155. The lowest BCUT2D eigenvalue weighted by Crippen LogP contribution is -2.30. The minimum Gasteiger partial charge on any atom is -0.208 e. The van der Waals surface area contributed by atoms with Crippen molar-refractivity contribution >= 4 is 38.5 Å². The Hall–Kier alpha value is -8.36. The molecule has 0 saturated heterocycles. The molecule has 61 heavy (non-hydrogen) atoms. The average Bonchev–Trinajstić information content (AvgIpc) is 3.34. The van der Waals surface area contributed by atoms with Gasteiger partial charge in [0, 0.05) is 44.7 Å². The van der Waals surface area contributed by atoms with Crippen LogP contribution < -0.4 is 4.40 Å². The third-order valence-corrected chi connectivity index (χ3v) is 10.8. The summed E-state index contributed by atoms with van der Waals surface area (Å²) in [5.41, 5.74) is 8.93. The van der Waals surface area contributed by atoms with E-state index in [9.17, 15) is 0 Å². The van der Waals surface area contributed by atoms with Gasteiger partial charge in [0.1, 0.15) is 5.52 Å². The van der Waals surface area contributed by atoms with Crippen LogP contribution in [-0.2, 0) is 0 Å². The van der Waals surface area contributed by atoms with Gasteiger partial charge >= 0.3 is 5.78 Å². The highest BCUT2D eigenvalue weighted by atomic mass is 15.2. The van der Waals surface area contributed by atoms with Gasteiger partial charge in [-0.25, -0.2) is 15.0 Å². The normalized spacial score (nSPS) is 11.4. The highest BCUT2D eigenvalue weighted by molar-refractivity contribution is 6.13. The molecule has 286 valence electrons. The van der Waals surface area contributed by atoms with E-state index in [-0.39, 0.29) is 0 Å². The van der Waals surface area contributed by atoms with Gasteiger partial charge in [-0.1, -0.05) is 146 Å². The fourth-order valence-corrected chi connectivity index (χ4v) is 7.99. The molecule has 0 aliphatic rings. The molecule has 0 saturated carbocycles. The smallest absolute Gasteiger partial charge is 0.208 e. The molecule has 0 N–H and O–H groups in total. The maximum Gasteiger partial charge on any atom is 0.362 e. The van der Waals surface area contributed by atoms with E-state index in [1.807, 2.05) is 121 Å². The molecule has 0 unspecified atom stereocenters. The van der Waals surface area contributed by atoms with Crippen molar-refractivity contribution < 1.29 is 4.40 Å². The van der Waals surface area contributed by atoms with Gasteiger partial charge in [0.2, 0.25) is 11.5 Å². The lowest BCUT2D eigenvalue weighted by molar-refractivity contribution is -0.479. The number of aryl methyl sites for hydroxylation is 1. The van der Waals surface area contributed by atoms with Crippen molar-refractivity contribution in [3.8, 4) is 68.1 Å². The molecule has 8 heteroatoms. The monoisotopic (exact) mass is 783 g/mol. The molecule has 4 bridgehead atoms. The largest absolute Gasteiger partial charge is 0.362 e. The molecule has 11 rings (SSSR count). The third-order valence-electron chi connectivity index (χ3n) is 10.8. The number of benzene rings is 7. The van der Waals surface area contributed by atoms with Crippen LogP contribution in [0.15, 0.2) is 194 Å². The summed E-state index contributed by atoms with van der Waals surface area (Å²) in [6.45, 7) is 2.01. The number of fused-ring (bicyclic) bond motifs is 10. The van der Waals surface area contributed by atoms with E-state index in [0.717, 1.165) is 71.7 Å². The molecular formula is C53H35N8+. The zero-order valence-corrected chi connectivity index (χ0v) is 33.1. The summed E-state index contributed by atoms with van der Waals surface area (Å²) in [4.78, 5) is 35.9. The van der Waals surface area contributed by atoms with Gasteiger partial charge in [0.05, 0.1) is 5.69 Å². The number of hydrogen-bond acceptors (Lipinski definition) is 7. The van der Waals surface area contributed by atoms with Gasteiger partial charge in [-0.05, 0) is 71.3 Å². The van der Waals surface area contributed by atoms with E-state index >= 15 is 0 Å². The summed E-state index contributed by atoms with van der Waals surface area (Å²) >= 11 is 0. The van der Waals surface area contributed by atoms with E-state index in [1.54, 1.807) is 0 Å². The Morgan fingerprint density at radius 1 is 0.361 bits per heavy atom. The standard InChI is InChI=1S/C53H35N8/c1-34-31-45-44-30-16-29-43(39-25-14-27-41(32-39)50-57-47(35-17-6-2-7-18-35)56-48(58-50)36-19-8-3-9-20-36)46(44)40-26-15-28-42(33-40)52-60-49(37-21-10-4-11-22-37)59-51(38-23-12-5-13-24-38)61(52)53(54-34)55-45/h2-33H,1H3/q+1. The Morgan fingerprint density at radius 2 is 0.869 bits per heavy atom. The fourth-order valence-electron chi connectivity index (χ4n) is 7.99. The van der Waals surface area contributed by atoms with E-state index < -0.39 is 0 Å². The first-order valence-corrected chi connectivity index (χ1v) is 20.2. The summed E-state index contributed by atoms with van der Waals surface area (Å²) in [6.07, 6.45) is 0. The van der Waals surface area contributed by atoms with Gasteiger partial charge in [0.15, 0.2) is 17.5 Å². The first-order valence-electron chi connectivity index (χ1n) is 20.2. The minimum absolute atomic E-state index is 0.493. The van der Waals surface area contributed by atoms with Gasteiger partial charge < -0.3 is 0 Å². The summed E-state index contributed by atoms with van der Waals surface area (Å²) in [5.74, 6) is 3.63. The number of rotatable bonds is 6. The molecule has 0 aliphatic heterocycles. The zero-order valence-electron chi connectivity index (χ0n) is 33.1. The molecule has 11 aromatic rings. The number of nitrogens with zero attached hydrogens (tertiary/aromatic N) is 8. The summed E-state index contributed by atoms with van der Waals surface area (Å²) in [7, 11) is 0. The minimum atomic E-state index is 0.493. The Morgan fingerprint density at radius 3 is 1.51 bits per heavy atom. The second-order valence-electron chi connectivity index (χ2n) is 14.9. The van der Waals surface area contributed by atoms with Crippen LogP contribution in [-0.4, -0.2) is 34.9 Å². The Bertz CT molecular complexity index is 3410. The first kappa shape index (κ1) is 35.8. The molecule has 0 amide bonds. The summed E-state index contributed by atoms with van der Waals surface area (Å²) in [6, 6.07) is 65.9. The van der Waals surface area contributed by atoms with Gasteiger partial charge in [-0.3, -0.25) is 0 Å². The van der Waals surface area contributed by atoms with Crippen molar-refractivity contribution in [3.05, 3.63) is 200 Å². The molecule has 0 fully saturated rings. The highest BCUT2D eigenvalue weighted by Crippen LogP contribution is 2.36. The molecule has 4 aromatic heterocycles. The van der Waals surface area contributed by atoms with Gasteiger partial charge in [-0.15, -0.1) is 19.9 Å². The van der Waals surface area contributed by atoms with Crippen molar-refractivity contribution in [1.82, 2.24) is 34.9 Å². The lowest BCUT2D eigenvalue weighted by Gasteiger charge is -2.12. The van der Waals surface area contributed by atoms with E-state index in [2.05, 4.69) is 84.9 Å². The molecule has 8 nitrogen and oxygen atoms in total. The van der Waals surface area contributed by atoms with Crippen LogP contribution in [0.5, 0.6) is 0 Å². The van der Waals surface area contributed by atoms with Crippen LogP contribution in [0.1, 0.15) is 5.69 Å². The maximum atomic E-state index is 5.34. The number of aromatic nitrogens is 8. The van der Waals surface area contributed by atoms with Gasteiger partial charge in [0.25, 0.3) is 5.82 Å². The van der Waals surface area contributed by atoms with Crippen LogP contribution in [0, 0.1) is 6.92 Å². The number of hydrogen-bond donors (Lipinski definition) is 0. The molecule has 7 aromatic carbocycles. The molecular weight excluding hydrogens is 749 g/mol. The van der Waals surface area contributed by atoms with Crippen LogP contribution in [0.4, 0.5) is 0 Å². The third kappa shape index (κ3) is 6.72. The Labute approximate surface area is 351 Å². The van der Waals surface area contributed by atoms with Crippen LogP contribution in [0.2, 0.25) is 0 Å². The fraction of sp³-hybridized carbons (Fsp3) is 0.0189. The molecule has 0 aliphatic carbocycles. The molecule has 4 heterocycles. The Balaban J connectivity index is 1.19. The average molecular weight is 784 g/mol. The van der Waals surface area contributed by atoms with Crippen molar-refractivity contribution in [2.75, 3.05) is 0 Å². The maximum absolute atomic E-state index is 5.34. The van der Waals surface area contributed by atoms with E-state index in [4.69, 9.17) is 34.9 Å². The van der Waals surface area contributed by atoms with Crippen molar-refractivity contribution in [3.63, 3.8) is 0 Å². The first-order chi connectivity index (χ1) is 30.1. The second-order valence-corrected chi connectivity index (χ2v) is 14.9. The highest BCUT2D eigenvalue weighted by Gasteiger charge is 2.22. The Kier molecular flexibility index (Phi) is 8.86. The lowest BCUT2D eigenvalue weighted by atomic mass is 9.95. The van der Waals surface area contributed by atoms with Crippen molar-refractivity contribution in [2.24, 2.45) is 0 Å².